The molecule has 0 aliphatic rings. The van der Waals surface area contributed by atoms with Crippen molar-refractivity contribution < 1.29 is 4.79 Å². The zero-order valence-electron chi connectivity index (χ0n) is 14.6. The van der Waals surface area contributed by atoms with Gasteiger partial charge in [-0.2, -0.15) is 0 Å². The highest BCUT2D eigenvalue weighted by Crippen LogP contribution is 2.18. The van der Waals surface area contributed by atoms with Gasteiger partial charge in [-0.25, -0.2) is 0 Å². The normalized spacial score (nSPS) is 12.1. The van der Waals surface area contributed by atoms with Gasteiger partial charge in [0.25, 0.3) is 0 Å². The Morgan fingerprint density at radius 1 is 1.18 bits per heavy atom. The molecule has 0 saturated carbocycles. The maximum atomic E-state index is 11.5. The summed E-state index contributed by atoms with van der Waals surface area (Å²) in [6.07, 6.45) is 1.66. The molecule has 1 atom stereocenters. The maximum absolute atomic E-state index is 11.5. The van der Waals surface area contributed by atoms with Crippen LogP contribution in [0.3, 0.4) is 0 Å². The fraction of sp³-hybridized carbons (Fsp3) is 0.611. The molecule has 0 bridgehead atoms. The number of hydrogen-bond donors (Lipinski definition) is 1. The lowest BCUT2D eigenvalue weighted by molar-refractivity contribution is -0.120. The van der Waals surface area contributed by atoms with Crippen molar-refractivity contribution in [2.24, 2.45) is 5.92 Å². The Labute approximate surface area is 141 Å². The molecule has 1 rings (SSSR count). The van der Waals surface area contributed by atoms with Crippen molar-refractivity contribution in [1.82, 2.24) is 10.2 Å². The molecule has 0 aliphatic heterocycles. The first-order valence-corrected chi connectivity index (χ1v) is 7.92. The molecule has 1 aromatic carbocycles. The van der Waals surface area contributed by atoms with E-state index in [1.807, 2.05) is 6.92 Å². The summed E-state index contributed by atoms with van der Waals surface area (Å²) >= 11 is 0. The van der Waals surface area contributed by atoms with Crippen molar-refractivity contribution in [2.45, 2.75) is 39.5 Å². The number of rotatable bonds is 8. The zero-order chi connectivity index (χ0) is 15.8. The van der Waals surface area contributed by atoms with Crippen LogP contribution in [-0.2, 0) is 11.2 Å². The van der Waals surface area contributed by atoms with E-state index in [1.54, 1.807) is 0 Å². The number of halogens is 1. The van der Waals surface area contributed by atoms with Crippen molar-refractivity contribution in [1.29, 1.82) is 0 Å². The Hall–Kier alpha value is -1.06. The zero-order valence-corrected chi connectivity index (χ0v) is 15.4. The van der Waals surface area contributed by atoms with Crippen molar-refractivity contribution in [3.05, 3.63) is 35.4 Å². The minimum atomic E-state index is 0. The number of nitrogens with zero attached hydrogens (tertiary/aromatic N) is 1. The SMILES string of the molecule is CCC(=O)NCC(CN(C)C)c1ccc(CC(C)C)cc1.Cl. The Morgan fingerprint density at radius 3 is 2.23 bits per heavy atom. The quantitative estimate of drug-likeness (QED) is 0.793. The third-order valence-corrected chi connectivity index (χ3v) is 3.55. The van der Waals surface area contributed by atoms with Crippen molar-refractivity contribution in [3.8, 4) is 0 Å². The van der Waals surface area contributed by atoms with Gasteiger partial charge in [0, 0.05) is 25.4 Å². The van der Waals surface area contributed by atoms with Gasteiger partial charge in [0.05, 0.1) is 0 Å². The van der Waals surface area contributed by atoms with E-state index in [9.17, 15) is 4.79 Å². The summed E-state index contributed by atoms with van der Waals surface area (Å²) in [6, 6.07) is 8.87. The Morgan fingerprint density at radius 2 is 1.77 bits per heavy atom. The molecule has 0 saturated heterocycles. The van der Waals surface area contributed by atoms with Gasteiger partial charge in [0.15, 0.2) is 0 Å². The Balaban J connectivity index is 0.00000441. The summed E-state index contributed by atoms with van der Waals surface area (Å²) in [5, 5.41) is 3.02. The third-order valence-electron chi connectivity index (χ3n) is 3.55. The Bertz CT molecular complexity index is 429. The molecular formula is C18H31ClN2O. The largest absolute Gasteiger partial charge is 0.355 e. The molecule has 1 N–H and O–H groups in total. The summed E-state index contributed by atoms with van der Waals surface area (Å²) in [5.41, 5.74) is 2.68. The molecule has 0 aliphatic carbocycles. The van der Waals surface area contributed by atoms with E-state index in [0.717, 1.165) is 13.0 Å². The molecule has 22 heavy (non-hydrogen) atoms. The van der Waals surface area contributed by atoms with Gasteiger partial charge >= 0.3 is 0 Å². The number of nitrogens with one attached hydrogen (secondary N) is 1. The molecule has 0 heterocycles. The number of hydrogen-bond acceptors (Lipinski definition) is 2. The fourth-order valence-corrected chi connectivity index (χ4v) is 2.49. The van der Waals surface area contributed by atoms with Crippen LogP contribution in [-0.4, -0.2) is 38.0 Å². The number of carbonyl (C=O) groups excluding carboxylic acids is 1. The molecule has 0 aromatic heterocycles. The van der Waals surface area contributed by atoms with E-state index in [0.29, 0.717) is 24.8 Å². The number of carbonyl (C=O) groups is 1. The summed E-state index contributed by atoms with van der Waals surface area (Å²) in [5.74, 6) is 1.14. The van der Waals surface area contributed by atoms with Crippen LogP contribution in [0, 0.1) is 5.92 Å². The summed E-state index contributed by atoms with van der Waals surface area (Å²) in [4.78, 5) is 13.7. The standard InChI is InChI=1S/C18H30N2O.ClH/c1-6-18(21)19-12-17(13-20(4)5)16-9-7-15(8-10-16)11-14(2)3;/h7-10,14,17H,6,11-13H2,1-5H3,(H,19,21);1H. The summed E-state index contributed by atoms with van der Waals surface area (Å²) in [6.45, 7) is 8.00. The van der Waals surface area contributed by atoms with Gasteiger partial charge in [-0.1, -0.05) is 45.0 Å². The molecule has 0 spiro atoms. The van der Waals surface area contributed by atoms with Crippen LogP contribution in [0.25, 0.3) is 0 Å². The van der Waals surface area contributed by atoms with E-state index in [4.69, 9.17) is 0 Å². The molecule has 3 nitrogen and oxygen atoms in total. The number of likely N-dealkylation sites (N-methyl/N-ethyl adjacent to an activating group) is 1. The lowest BCUT2D eigenvalue weighted by Gasteiger charge is -2.22. The predicted octanol–water partition coefficient (Wildman–Crippen LogP) is 3.48. The second-order valence-corrected chi connectivity index (χ2v) is 6.46. The summed E-state index contributed by atoms with van der Waals surface area (Å²) in [7, 11) is 4.14. The van der Waals surface area contributed by atoms with E-state index >= 15 is 0 Å². The molecule has 126 valence electrons. The lowest BCUT2D eigenvalue weighted by Crippen LogP contribution is -2.32. The van der Waals surface area contributed by atoms with Crippen LogP contribution in [0.4, 0.5) is 0 Å². The van der Waals surface area contributed by atoms with Crippen LogP contribution in [0.15, 0.2) is 24.3 Å². The van der Waals surface area contributed by atoms with Crippen LogP contribution in [0.5, 0.6) is 0 Å². The second-order valence-electron chi connectivity index (χ2n) is 6.46. The predicted molar refractivity (Wildman–Crippen MR) is 96.8 cm³/mol. The highest BCUT2D eigenvalue weighted by Gasteiger charge is 2.14. The minimum absolute atomic E-state index is 0. The van der Waals surface area contributed by atoms with Crippen molar-refractivity contribution in [2.75, 3.05) is 27.2 Å². The van der Waals surface area contributed by atoms with E-state index in [-0.39, 0.29) is 18.3 Å². The van der Waals surface area contributed by atoms with E-state index in [1.165, 1.54) is 11.1 Å². The minimum Gasteiger partial charge on any atom is -0.355 e. The highest BCUT2D eigenvalue weighted by atomic mass is 35.5. The second kappa shape index (κ2) is 10.6. The topological polar surface area (TPSA) is 32.3 Å². The number of amides is 1. The highest BCUT2D eigenvalue weighted by molar-refractivity contribution is 5.85. The molecule has 4 heteroatoms. The van der Waals surface area contributed by atoms with E-state index < -0.39 is 0 Å². The van der Waals surface area contributed by atoms with Gasteiger partial charge in [-0.3, -0.25) is 4.79 Å². The third kappa shape index (κ3) is 7.81. The molecule has 1 unspecified atom stereocenters. The monoisotopic (exact) mass is 326 g/mol. The first-order valence-electron chi connectivity index (χ1n) is 7.92. The molecular weight excluding hydrogens is 296 g/mol. The molecule has 1 amide bonds. The first-order chi connectivity index (χ1) is 9.92. The van der Waals surface area contributed by atoms with E-state index in [2.05, 4.69) is 62.4 Å². The molecule has 1 aromatic rings. The van der Waals surface area contributed by atoms with Crippen LogP contribution >= 0.6 is 12.4 Å². The van der Waals surface area contributed by atoms with Gasteiger partial charge in [-0.15, -0.1) is 12.4 Å². The van der Waals surface area contributed by atoms with Crippen LogP contribution in [0.1, 0.15) is 44.2 Å². The van der Waals surface area contributed by atoms with Gasteiger partial charge in [0.2, 0.25) is 5.91 Å². The number of benzene rings is 1. The van der Waals surface area contributed by atoms with Gasteiger partial charge in [0.1, 0.15) is 0 Å². The van der Waals surface area contributed by atoms with Crippen molar-refractivity contribution in [3.63, 3.8) is 0 Å². The van der Waals surface area contributed by atoms with Crippen LogP contribution < -0.4 is 5.32 Å². The molecule has 0 fully saturated rings. The Kier molecular flexibility index (Phi) is 10.1. The van der Waals surface area contributed by atoms with Gasteiger partial charge < -0.3 is 10.2 Å². The lowest BCUT2D eigenvalue weighted by atomic mass is 9.95. The molecule has 0 radical (unpaired) electrons. The smallest absolute Gasteiger partial charge is 0.219 e. The fourth-order valence-electron chi connectivity index (χ4n) is 2.49. The average molecular weight is 327 g/mol. The first kappa shape index (κ1) is 20.9. The summed E-state index contributed by atoms with van der Waals surface area (Å²) < 4.78 is 0. The van der Waals surface area contributed by atoms with Gasteiger partial charge in [-0.05, 0) is 37.6 Å². The maximum Gasteiger partial charge on any atom is 0.219 e. The van der Waals surface area contributed by atoms with Crippen molar-refractivity contribution >= 4 is 18.3 Å². The average Bonchev–Trinajstić information content (AvgIpc) is 2.43. The van der Waals surface area contributed by atoms with Crippen LogP contribution in [0.2, 0.25) is 0 Å².